The highest BCUT2D eigenvalue weighted by atomic mass is 19.1. The van der Waals surface area contributed by atoms with Gasteiger partial charge in [-0.3, -0.25) is 9.47 Å². The highest BCUT2D eigenvalue weighted by Crippen LogP contribution is 2.39. The maximum Gasteiger partial charge on any atom is 0.197 e. The minimum absolute atomic E-state index is 0.0385. The van der Waals surface area contributed by atoms with Gasteiger partial charge in [0, 0.05) is 56.7 Å². The zero-order valence-electron chi connectivity index (χ0n) is 19.7. The van der Waals surface area contributed by atoms with Crippen LogP contribution in [0.4, 0.5) is 10.1 Å². The van der Waals surface area contributed by atoms with Gasteiger partial charge >= 0.3 is 0 Å². The molecular formula is C26H36FN3O4. The number of anilines is 1. The predicted octanol–water partition coefficient (Wildman–Crippen LogP) is 3.23. The number of benzene rings is 1. The molecule has 1 aromatic carbocycles. The summed E-state index contributed by atoms with van der Waals surface area (Å²) in [6, 6.07) is 8.35. The van der Waals surface area contributed by atoms with E-state index in [-0.39, 0.29) is 24.6 Å². The van der Waals surface area contributed by atoms with E-state index in [0.29, 0.717) is 23.8 Å². The second kappa shape index (κ2) is 10.0. The van der Waals surface area contributed by atoms with Gasteiger partial charge in [-0.25, -0.2) is 4.39 Å². The number of hydrogen-bond donors (Lipinski definition) is 3. The Bertz CT molecular complexity index is 949. The van der Waals surface area contributed by atoms with E-state index in [1.165, 1.54) is 23.1 Å². The van der Waals surface area contributed by atoms with E-state index in [1.54, 1.807) is 0 Å². The van der Waals surface area contributed by atoms with Crippen molar-refractivity contribution >= 4 is 5.69 Å². The lowest BCUT2D eigenvalue weighted by atomic mass is 9.91. The second-order valence-electron chi connectivity index (χ2n) is 9.92. The number of aromatic hydroxyl groups is 2. The van der Waals surface area contributed by atoms with Crippen LogP contribution < -0.4 is 9.64 Å². The summed E-state index contributed by atoms with van der Waals surface area (Å²) in [5, 5.41) is 30.8. The molecule has 2 atom stereocenters. The first kappa shape index (κ1) is 23.3. The first-order chi connectivity index (χ1) is 16.5. The van der Waals surface area contributed by atoms with Gasteiger partial charge in [-0.15, -0.1) is 0 Å². The molecule has 1 aliphatic heterocycles. The van der Waals surface area contributed by atoms with Gasteiger partial charge in [-0.2, -0.15) is 0 Å². The molecule has 2 aliphatic carbocycles. The predicted molar refractivity (Wildman–Crippen MR) is 129 cm³/mol. The summed E-state index contributed by atoms with van der Waals surface area (Å²) in [7, 11) is 0. The molecule has 1 saturated carbocycles. The van der Waals surface area contributed by atoms with E-state index in [4.69, 9.17) is 4.74 Å². The molecule has 2 heterocycles. The highest BCUT2D eigenvalue weighted by Gasteiger charge is 2.34. The Morgan fingerprint density at radius 3 is 2.32 bits per heavy atom. The zero-order chi connectivity index (χ0) is 23.7. The van der Waals surface area contributed by atoms with Gasteiger partial charge in [-0.1, -0.05) is 12.1 Å². The number of hydrogen-bond acceptors (Lipinski definition) is 6. The van der Waals surface area contributed by atoms with Crippen molar-refractivity contribution in [3.05, 3.63) is 35.4 Å². The van der Waals surface area contributed by atoms with Crippen LogP contribution in [-0.4, -0.2) is 75.9 Å². The third kappa shape index (κ3) is 4.70. The van der Waals surface area contributed by atoms with Gasteiger partial charge in [-0.05, 0) is 50.8 Å². The van der Waals surface area contributed by atoms with Crippen molar-refractivity contribution in [2.24, 2.45) is 0 Å². The highest BCUT2D eigenvalue weighted by molar-refractivity contribution is 5.58. The summed E-state index contributed by atoms with van der Waals surface area (Å²) in [5.74, 6) is 0.888. The summed E-state index contributed by atoms with van der Waals surface area (Å²) < 4.78 is 21.7. The maximum absolute atomic E-state index is 13.9. The van der Waals surface area contributed by atoms with Crippen LogP contribution >= 0.6 is 0 Å². The Kier molecular flexibility index (Phi) is 6.88. The summed E-state index contributed by atoms with van der Waals surface area (Å²) in [4.78, 5) is 4.80. The third-order valence-corrected chi connectivity index (χ3v) is 7.68. The van der Waals surface area contributed by atoms with Gasteiger partial charge in [0.2, 0.25) is 0 Å². The Balaban J connectivity index is 1.13. The number of alkyl halides is 1. The van der Waals surface area contributed by atoms with Crippen molar-refractivity contribution in [2.75, 3.05) is 37.6 Å². The van der Waals surface area contributed by atoms with Crippen LogP contribution in [0.2, 0.25) is 0 Å². The van der Waals surface area contributed by atoms with E-state index in [2.05, 4.69) is 28.0 Å². The first-order valence-corrected chi connectivity index (χ1v) is 12.7. The van der Waals surface area contributed by atoms with E-state index >= 15 is 0 Å². The topological polar surface area (TPSA) is 81.3 Å². The van der Waals surface area contributed by atoms with Crippen LogP contribution in [0, 0.1) is 0 Å². The maximum atomic E-state index is 13.9. The number of nitrogens with zero attached hydrogens (tertiary/aromatic N) is 3. The number of aromatic nitrogens is 1. The van der Waals surface area contributed by atoms with Crippen LogP contribution in [0.3, 0.4) is 0 Å². The molecule has 34 heavy (non-hydrogen) atoms. The Labute approximate surface area is 200 Å². The minimum Gasteiger partial charge on any atom is -0.494 e. The Hall–Kier alpha value is -2.45. The Morgan fingerprint density at radius 2 is 1.59 bits per heavy atom. The molecule has 5 rings (SSSR count). The SMILES string of the molecule is Oc1c2c(c(O)n1CCCN1CCN(c3ccccc3OC3CCCC3)CC1)CC(F)C(O)C2. The molecule has 0 bridgehead atoms. The smallest absolute Gasteiger partial charge is 0.197 e. The van der Waals surface area contributed by atoms with Crippen molar-refractivity contribution in [1.82, 2.24) is 9.47 Å². The van der Waals surface area contributed by atoms with Crippen molar-refractivity contribution in [3.63, 3.8) is 0 Å². The molecule has 0 radical (unpaired) electrons. The van der Waals surface area contributed by atoms with Gasteiger partial charge in [0.25, 0.3) is 0 Å². The van der Waals surface area contributed by atoms with Crippen LogP contribution in [0.1, 0.15) is 43.2 Å². The average molecular weight is 474 g/mol. The molecule has 0 spiro atoms. The minimum atomic E-state index is -1.40. The number of piperazine rings is 1. The third-order valence-electron chi connectivity index (χ3n) is 7.68. The van der Waals surface area contributed by atoms with Crippen LogP contribution in [0.15, 0.2) is 24.3 Å². The number of para-hydroxylation sites is 2. The van der Waals surface area contributed by atoms with Crippen molar-refractivity contribution in [2.45, 2.75) is 69.9 Å². The summed E-state index contributed by atoms with van der Waals surface area (Å²) >= 11 is 0. The number of halogens is 1. The number of fused-ring (bicyclic) bond motifs is 1. The normalized spacial score (nSPS) is 23.9. The van der Waals surface area contributed by atoms with Crippen molar-refractivity contribution < 1.29 is 24.4 Å². The number of rotatable bonds is 7. The molecule has 7 nitrogen and oxygen atoms in total. The van der Waals surface area contributed by atoms with Gasteiger partial charge < -0.3 is 25.0 Å². The van der Waals surface area contributed by atoms with Gasteiger partial charge in [0.1, 0.15) is 11.9 Å². The van der Waals surface area contributed by atoms with Crippen molar-refractivity contribution in [3.8, 4) is 17.5 Å². The molecule has 1 saturated heterocycles. The molecule has 0 amide bonds. The monoisotopic (exact) mass is 473 g/mol. The molecule has 3 aliphatic rings. The van der Waals surface area contributed by atoms with E-state index in [1.807, 2.05) is 6.07 Å². The standard InChI is InChI=1S/C26H36FN3O4/c27-21-16-19-20(17-23(21)31)26(33)30(25(19)32)11-5-10-28-12-14-29(15-13-28)22-8-3-4-9-24(22)34-18-6-1-2-7-18/h3-4,8-9,18,21,23,31-33H,1-2,5-7,10-17H2. The van der Waals surface area contributed by atoms with Crippen LogP contribution in [0.5, 0.6) is 17.5 Å². The van der Waals surface area contributed by atoms with Crippen LogP contribution in [0.25, 0.3) is 0 Å². The fourth-order valence-electron chi connectivity index (χ4n) is 5.67. The molecule has 2 aromatic rings. The summed E-state index contributed by atoms with van der Waals surface area (Å²) in [6.45, 7) is 5.03. The fourth-order valence-corrected chi connectivity index (χ4v) is 5.67. The fraction of sp³-hybridized carbons (Fsp3) is 0.615. The van der Waals surface area contributed by atoms with Gasteiger partial charge in [0.05, 0.1) is 17.9 Å². The number of ether oxygens (including phenoxy) is 1. The quantitative estimate of drug-likeness (QED) is 0.573. The van der Waals surface area contributed by atoms with Crippen molar-refractivity contribution in [1.29, 1.82) is 0 Å². The Morgan fingerprint density at radius 1 is 0.912 bits per heavy atom. The molecule has 2 fully saturated rings. The first-order valence-electron chi connectivity index (χ1n) is 12.7. The largest absolute Gasteiger partial charge is 0.494 e. The summed E-state index contributed by atoms with van der Waals surface area (Å²) in [5.41, 5.74) is 2.09. The summed E-state index contributed by atoms with van der Waals surface area (Å²) in [6.07, 6.45) is 3.35. The lowest BCUT2D eigenvalue weighted by molar-refractivity contribution is 0.0700. The molecule has 8 heteroatoms. The van der Waals surface area contributed by atoms with E-state index < -0.39 is 12.3 Å². The van der Waals surface area contributed by atoms with E-state index in [9.17, 15) is 19.7 Å². The average Bonchev–Trinajstić information content (AvgIpc) is 3.43. The van der Waals surface area contributed by atoms with Crippen LogP contribution in [-0.2, 0) is 19.4 Å². The number of aliphatic hydroxyl groups excluding tert-OH is 1. The molecule has 3 N–H and O–H groups in total. The number of aliphatic hydroxyl groups is 1. The van der Waals surface area contributed by atoms with Gasteiger partial charge in [0.15, 0.2) is 11.8 Å². The molecular weight excluding hydrogens is 437 g/mol. The molecule has 186 valence electrons. The zero-order valence-corrected chi connectivity index (χ0v) is 19.7. The lowest BCUT2D eigenvalue weighted by Crippen LogP contribution is -2.46. The molecule has 1 aromatic heterocycles. The molecule has 2 unspecified atom stereocenters. The van der Waals surface area contributed by atoms with E-state index in [0.717, 1.165) is 57.7 Å². The second-order valence-corrected chi connectivity index (χ2v) is 9.92. The lowest BCUT2D eigenvalue weighted by Gasteiger charge is -2.37.